The maximum atomic E-state index is 10.2. The third-order valence-corrected chi connectivity index (χ3v) is 4.62. The number of imidazole rings is 1. The van der Waals surface area contributed by atoms with Crippen LogP contribution in [0, 0.1) is 0 Å². The van der Waals surface area contributed by atoms with Gasteiger partial charge in [-0.05, 0) is 32.3 Å². The van der Waals surface area contributed by atoms with E-state index in [0.717, 1.165) is 53.6 Å². The number of pyridine rings is 1. The molecule has 0 aliphatic heterocycles. The van der Waals surface area contributed by atoms with Crippen LogP contribution in [0.3, 0.4) is 0 Å². The van der Waals surface area contributed by atoms with Gasteiger partial charge >= 0.3 is 0 Å². The average Bonchev–Trinajstić information content (AvgIpc) is 3.20. The van der Waals surface area contributed by atoms with Gasteiger partial charge in [0.15, 0.2) is 0 Å². The van der Waals surface area contributed by atoms with Crippen molar-refractivity contribution in [3.63, 3.8) is 0 Å². The summed E-state index contributed by atoms with van der Waals surface area (Å²) in [5.74, 6) is 0.907. The third kappa shape index (κ3) is 2.71. The topological polar surface area (TPSA) is 60.2 Å². The standard InChI is InChI=1S/C18H21N3O2/c1-2-23-12-16-20-15-11-19-14-6-4-3-5-13(14)17(15)21(16)10-9-18(22)7-8-18/h3-6,11,22H,2,7-10,12H2,1H3. The molecule has 120 valence electrons. The number of hydrogen-bond donors (Lipinski definition) is 1. The summed E-state index contributed by atoms with van der Waals surface area (Å²) in [4.78, 5) is 9.21. The zero-order valence-electron chi connectivity index (χ0n) is 13.3. The van der Waals surface area contributed by atoms with Crippen LogP contribution in [0.4, 0.5) is 0 Å². The maximum absolute atomic E-state index is 10.2. The van der Waals surface area contributed by atoms with Gasteiger partial charge in [-0.15, -0.1) is 0 Å². The van der Waals surface area contributed by atoms with Gasteiger partial charge in [0.1, 0.15) is 17.9 Å². The second-order valence-corrected chi connectivity index (χ2v) is 6.30. The molecule has 1 fully saturated rings. The van der Waals surface area contributed by atoms with Crippen molar-refractivity contribution in [1.29, 1.82) is 0 Å². The fourth-order valence-electron chi connectivity index (χ4n) is 3.07. The molecule has 2 aromatic heterocycles. The van der Waals surface area contributed by atoms with Gasteiger partial charge in [-0.1, -0.05) is 18.2 Å². The molecule has 0 amide bonds. The Morgan fingerprint density at radius 1 is 1.26 bits per heavy atom. The Kier molecular flexibility index (Phi) is 3.54. The fourth-order valence-corrected chi connectivity index (χ4v) is 3.07. The first-order chi connectivity index (χ1) is 11.2. The molecule has 0 atom stereocenters. The summed E-state index contributed by atoms with van der Waals surface area (Å²) < 4.78 is 7.78. The van der Waals surface area contributed by atoms with Crippen molar-refractivity contribution in [3.8, 4) is 0 Å². The second-order valence-electron chi connectivity index (χ2n) is 6.30. The Hall–Kier alpha value is -1.98. The molecule has 0 unspecified atom stereocenters. The second kappa shape index (κ2) is 5.58. The highest BCUT2D eigenvalue weighted by Gasteiger charge is 2.39. The van der Waals surface area contributed by atoms with Crippen LogP contribution in [0.5, 0.6) is 0 Å². The molecule has 3 aromatic rings. The SMILES string of the molecule is CCOCc1nc2cnc3ccccc3c2n1CCC1(O)CC1. The highest BCUT2D eigenvalue weighted by molar-refractivity contribution is 6.02. The summed E-state index contributed by atoms with van der Waals surface area (Å²) in [6.45, 7) is 3.88. The highest BCUT2D eigenvalue weighted by atomic mass is 16.5. The lowest BCUT2D eigenvalue weighted by Gasteiger charge is -2.13. The zero-order chi connectivity index (χ0) is 15.9. The Bertz CT molecular complexity index is 852. The summed E-state index contributed by atoms with van der Waals surface area (Å²) in [7, 11) is 0. The van der Waals surface area contributed by atoms with E-state index in [2.05, 4.69) is 15.6 Å². The van der Waals surface area contributed by atoms with Crippen molar-refractivity contribution in [2.75, 3.05) is 6.61 Å². The number of nitrogens with zero attached hydrogens (tertiary/aromatic N) is 3. The summed E-state index contributed by atoms with van der Waals surface area (Å²) in [5.41, 5.74) is 2.48. The molecule has 1 saturated carbocycles. The van der Waals surface area contributed by atoms with E-state index >= 15 is 0 Å². The molecule has 0 radical (unpaired) electrons. The van der Waals surface area contributed by atoms with E-state index in [0.29, 0.717) is 13.2 Å². The molecule has 1 aliphatic carbocycles. The number of para-hydroxylation sites is 1. The van der Waals surface area contributed by atoms with E-state index in [-0.39, 0.29) is 0 Å². The van der Waals surface area contributed by atoms with Gasteiger partial charge in [-0.3, -0.25) is 4.98 Å². The molecule has 2 heterocycles. The maximum Gasteiger partial charge on any atom is 0.136 e. The number of hydrogen-bond acceptors (Lipinski definition) is 4. The molecule has 4 rings (SSSR count). The Balaban J connectivity index is 1.84. The van der Waals surface area contributed by atoms with E-state index < -0.39 is 5.60 Å². The number of ether oxygens (including phenoxy) is 1. The van der Waals surface area contributed by atoms with Gasteiger partial charge in [0.25, 0.3) is 0 Å². The van der Waals surface area contributed by atoms with E-state index in [4.69, 9.17) is 9.72 Å². The van der Waals surface area contributed by atoms with Gasteiger partial charge in [-0.2, -0.15) is 0 Å². The molecule has 1 aromatic carbocycles. The van der Waals surface area contributed by atoms with E-state index in [9.17, 15) is 5.11 Å². The van der Waals surface area contributed by atoms with Gasteiger partial charge in [0.05, 0.1) is 22.8 Å². The van der Waals surface area contributed by atoms with Crippen LogP contribution >= 0.6 is 0 Å². The number of fused-ring (bicyclic) bond motifs is 3. The molecule has 0 bridgehead atoms. The lowest BCUT2D eigenvalue weighted by atomic mass is 10.2. The fraction of sp³-hybridized carbons (Fsp3) is 0.444. The minimum atomic E-state index is -0.470. The van der Waals surface area contributed by atoms with Gasteiger partial charge < -0.3 is 14.4 Å². The van der Waals surface area contributed by atoms with Crippen LogP contribution < -0.4 is 0 Å². The first kappa shape index (κ1) is 14.6. The van der Waals surface area contributed by atoms with Crippen molar-refractivity contribution in [1.82, 2.24) is 14.5 Å². The monoisotopic (exact) mass is 311 g/mol. The molecule has 0 spiro atoms. The third-order valence-electron chi connectivity index (χ3n) is 4.62. The van der Waals surface area contributed by atoms with Crippen molar-refractivity contribution >= 4 is 21.9 Å². The van der Waals surface area contributed by atoms with Crippen molar-refractivity contribution in [2.24, 2.45) is 0 Å². The Morgan fingerprint density at radius 2 is 2.09 bits per heavy atom. The molecule has 1 N–H and O–H groups in total. The highest BCUT2D eigenvalue weighted by Crippen LogP contribution is 2.39. The van der Waals surface area contributed by atoms with Crippen LogP contribution in [0.25, 0.3) is 21.9 Å². The summed E-state index contributed by atoms with van der Waals surface area (Å²) >= 11 is 0. The van der Waals surface area contributed by atoms with E-state index in [1.54, 1.807) is 0 Å². The van der Waals surface area contributed by atoms with Crippen LogP contribution in [-0.4, -0.2) is 31.8 Å². The minimum Gasteiger partial charge on any atom is -0.390 e. The normalized spacial score (nSPS) is 16.3. The largest absolute Gasteiger partial charge is 0.390 e. The number of aromatic nitrogens is 3. The average molecular weight is 311 g/mol. The molecule has 5 nitrogen and oxygen atoms in total. The van der Waals surface area contributed by atoms with E-state index in [1.807, 2.05) is 31.3 Å². The number of aryl methyl sites for hydroxylation is 1. The minimum absolute atomic E-state index is 0.470. The molecule has 23 heavy (non-hydrogen) atoms. The lowest BCUT2D eigenvalue weighted by Crippen LogP contribution is -2.14. The Labute approximate surface area is 134 Å². The van der Waals surface area contributed by atoms with Crippen molar-refractivity contribution < 1.29 is 9.84 Å². The molecule has 5 heteroatoms. The lowest BCUT2D eigenvalue weighted by molar-refractivity contribution is 0.119. The number of rotatable bonds is 6. The van der Waals surface area contributed by atoms with Crippen LogP contribution in [0.2, 0.25) is 0 Å². The molecule has 0 saturated heterocycles. The first-order valence-electron chi connectivity index (χ1n) is 8.23. The zero-order valence-corrected chi connectivity index (χ0v) is 13.3. The van der Waals surface area contributed by atoms with Crippen LogP contribution in [-0.2, 0) is 17.9 Å². The summed E-state index contributed by atoms with van der Waals surface area (Å²) in [5, 5.41) is 11.3. The predicted molar refractivity (Wildman–Crippen MR) is 89.2 cm³/mol. The van der Waals surface area contributed by atoms with E-state index in [1.165, 1.54) is 0 Å². The Morgan fingerprint density at radius 3 is 2.87 bits per heavy atom. The predicted octanol–water partition coefficient (Wildman–Crippen LogP) is 3.04. The number of benzene rings is 1. The van der Waals surface area contributed by atoms with Crippen LogP contribution in [0.15, 0.2) is 30.5 Å². The smallest absolute Gasteiger partial charge is 0.136 e. The summed E-state index contributed by atoms with van der Waals surface area (Å²) in [6.07, 6.45) is 4.40. The quantitative estimate of drug-likeness (QED) is 0.760. The molecular formula is C18H21N3O2. The first-order valence-corrected chi connectivity index (χ1v) is 8.23. The van der Waals surface area contributed by atoms with Gasteiger partial charge in [0, 0.05) is 18.5 Å². The number of aliphatic hydroxyl groups is 1. The van der Waals surface area contributed by atoms with Crippen molar-refractivity contribution in [3.05, 3.63) is 36.3 Å². The molecule has 1 aliphatic rings. The van der Waals surface area contributed by atoms with Gasteiger partial charge in [0.2, 0.25) is 0 Å². The van der Waals surface area contributed by atoms with Gasteiger partial charge in [-0.25, -0.2) is 4.98 Å². The molecular weight excluding hydrogens is 290 g/mol. The summed E-state index contributed by atoms with van der Waals surface area (Å²) in [6, 6.07) is 8.12. The van der Waals surface area contributed by atoms with Crippen molar-refractivity contribution in [2.45, 2.75) is 44.9 Å². The van der Waals surface area contributed by atoms with Crippen LogP contribution in [0.1, 0.15) is 32.0 Å².